The number of likely N-dealkylation sites (N-methyl/N-ethyl adjacent to an activating group) is 1. The van der Waals surface area contributed by atoms with E-state index in [1.54, 1.807) is 18.5 Å². The molecule has 1 amide bonds. The Kier molecular flexibility index (Phi) is 6.57. The van der Waals surface area contributed by atoms with Gasteiger partial charge in [0.25, 0.3) is 0 Å². The van der Waals surface area contributed by atoms with Crippen LogP contribution in [0.1, 0.15) is 50.0 Å². The van der Waals surface area contributed by atoms with Crippen LogP contribution in [0.25, 0.3) is 5.82 Å². The summed E-state index contributed by atoms with van der Waals surface area (Å²) in [4.78, 5) is 30.2. The molecular weight excluding hydrogens is 352 g/mol. The molecule has 0 aliphatic carbocycles. The molecule has 2 aromatic heterocycles. The fourth-order valence-corrected chi connectivity index (χ4v) is 3.51. The molecule has 7 heteroatoms. The van der Waals surface area contributed by atoms with Crippen LogP contribution >= 0.6 is 0 Å². The highest BCUT2D eigenvalue weighted by Crippen LogP contribution is 2.26. The summed E-state index contributed by atoms with van der Waals surface area (Å²) < 4.78 is 2.00. The zero-order valence-corrected chi connectivity index (χ0v) is 17.2. The molecule has 0 saturated carbocycles. The first-order valence-electron chi connectivity index (χ1n) is 9.91. The summed E-state index contributed by atoms with van der Waals surface area (Å²) in [6.07, 6.45) is 12.9. The van der Waals surface area contributed by atoms with E-state index < -0.39 is 0 Å². The molecule has 1 unspecified atom stereocenters. The van der Waals surface area contributed by atoms with Crippen LogP contribution in [0.2, 0.25) is 0 Å². The maximum Gasteiger partial charge on any atom is 0.246 e. The van der Waals surface area contributed by atoms with Crippen molar-refractivity contribution in [2.24, 2.45) is 0 Å². The van der Waals surface area contributed by atoms with Crippen LogP contribution in [-0.2, 0) is 4.79 Å². The molecule has 7 nitrogen and oxygen atoms in total. The first kappa shape index (κ1) is 20.2. The van der Waals surface area contributed by atoms with E-state index in [2.05, 4.69) is 23.8 Å². The van der Waals surface area contributed by atoms with Crippen LogP contribution in [-0.4, -0.2) is 69.0 Å². The Morgan fingerprint density at radius 2 is 2.18 bits per heavy atom. The van der Waals surface area contributed by atoms with Crippen molar-refractivity contribution in [1.29, 1.82) is 0 Å². The molecule has 0 bridgehead atoms. The molecule has 1 atom stereocenters. The van der Waals surface area contributed by atoms with Gasteiger partial charge in [-0.1, -0.05) is 19.9 Å². The molecule has 28 heavy (non-hydrogen) atoms. The normalized spacial score (nSPS) is 17.8. The van der Waals surface area contributed by atoms with Gasteiger partial charge < -0.3 is 9.80 Å². The van der Waals surface area contributed by atoms with Crippen LogP contribution in [0, 0.1) is 0 Å². The number of imidazole rings is 1. The van der Waals surface area contributed by atoms with E-state index >= 15 is 0 Å². The van der Waals surface area contributed by atoms with Crippen molar-refractivity contribution in [3.05, 3.63) is 48.5 Å². The summed E-state index contributed by atoms with van der Waals surface area (Å²) in [6.45, 7) is 6.48. The Labute approximate surface area is 167 Å². The minimum absolute atomic E-state index is 0.0763. The third kappa shape index (κ3) is 4.84. The van der Waals surface area contributed by atoms with E-state index in [-0.39, 0.29) is 11.8 Å². The van der Waals surface area contributed by atoms with Gasteiger partial charge in [0, 0.05) is 56.1 Å². The van der Waals surface area contributed by atoms with Gasteiger partial charge in [-0.25, -0.2) is 9.97 Å². The number of hydrogen-bond acceptors (Lipinski definition) is 5. The number of carbonyl (C=O) groups is 1. The van der Waals surface area contributed by atoms with Crippen LogP contribution in [0.15, 0.2) is 36.9 Å². The minimum Gasteiger partial charge on any atom is -0.339 e. The van der Waals surface area contributed by atoms with Crippen LogP contribution < -0.4 is 0 Å². The molecule has 0 N–H and O–H groups in total. The average Bonchev–Trinajstić information content (AvgIpc) is 3.18. The van der Waals surface area contributed by atoms with E-state index in [9.17, 15) is 4.79 Å². The van der Waals surface area contributed by atoms with Crippen molar-refractivity contribution in [3.8, 4) is 5.82 Å². The molecule has 1 aliphatic rings. The van der Waals surface area contributed by atoms with Gasteiger partial charge in [-0.2, -0.15) is 0 Å². The number of rotatable bonds is 6. The molecule has 0 aromatic carbocycles. The maximum atomic E-state index is 12.5. The fourth-order valence-electron chi connectivity index (χ4n) is 3.51. The highest BCUT2D eigenvalue weighted by atomic mass is 16.2. The molecule has 3 rings (SSSR count). The van der Waals surface area contributed by atoms with Gasteiger partial charge in [-0.15, -0.1) is 0 Å². The summed E-state index contributed by atoms with van der Waals surface area (Å²) in [5.41, 5.74) is 0.940. The Morgan fingerprint density at radius 3 is 2.93 bits per heavy atom. The molecule has 150 valence electrons. The average molecular weight is 383 g/mol. The number of nitrogens with zero attached hydrogens (tertiary/aromatic N) is 6. The Balaban J connectivity index is 1.74. The Hall–Kier alpha value is -2.54. The van der Waals surface area contributed by atoms with Crippen LogP contribution in [0.4, 0.5) is 0 Å². The second-order valence-corrected chi connectivity index (χ2v) is 7.90. The highest BCUT2D eigenvalue weighted by molar-refractivity contribution is 5.87. The summed E-state index contributed by atoms with van der Waals surface area (Å²) >= 11 is 0. The lowest BCUT2D eigenvalue weighted by Gasteiger charge is -2.31. The monoisotopic (exact) mass is 382 g/mol. The Morgan fingerprint density at radius 1 is 1.36 bits per heavy atom. The molecule has 1 aliphatic heterocycles. The van der Waals surface area contributed by atoms with Gasteiger partial charge in [0.1, 0.15) is 5.82 Å². The third-order valence-electron chi connectivity index (χ3n) is 4.96. The number of aromatic nitrogens is 4. The van der Waals surface area contributed by atoms with Crippen LogP contribution in [0.3, 0.4) is 0 Å². The van der Waals surface area contributed by atoms with Gasteiger partial charge in [-0.05, 0) is 26.9 Å². The first-order valence-corrected chi connectivity index (χ1v) is 9.91. The quantitative estimate of drug-likeness (QED) is 0.719. The highest BCUT2D eigenvalue weighted by Gasteiger charge is 2.25. The SMILES string of the molecule is CC(C)c1nccn1-c1cncc(C2CCCN(C(=O)/C=C/CN(C)C)C2)n1. The lowest BCUT2D eigenvalue weighted by molar-refractivity contribution is -0.127. The topological polar surface area (TPSA) is 67.2 Å². The zero-order valence-electron chi connectivity index (χ0n) is 17.2. The standard InChI is InChI=1S/C21H30N6O/c1-16(2)21-23-9-12-27(21)19-14-22-13-18(24-19)17-7-5-11-26(15-17)20(28)8-6-10-25(3)4/h6,8-9,12-14,16-17H,5,7,10-11,15H2,1-4H3/b8-6+. The van der Waals surface area contributed by atoms with E-state index in [0.29, 0.717) is 12.5 Å². The smallest absolute Gasteiger partial charge is 0.246 e. The fraction of sp³-hybridized carbons (Fsp3) is 0.524. The van der Waals surface area contributed by atoms with E-state index in [4.69, 9.17) is 4.98 Å². The number of piperidine rings is 1. The van der Waals surface area contributed by atoms with Crippen molar-refractivity contribution in [2.75, 3.05) is 33.7 Å². The maximum absolute atomic E-state index is 12.5. The molecule has 2 aromatic rings. The Bertz CT molecular complexity index is 826. The van der Waals surface area contributed by atoms with Gasteiger partial charge >= 0.3 is 0 Å². The lowest BCUT2D eigenvalue weighted by Crippen LogP contribution is -2.38. The number of amides is 1. The zero-order chi connectivity index (χ0) is 20.1. The summed E-state index contributed by atoms with van der Waals surface area (Å²) in [7, 11) is 3.98. The molecule has 0 spiro atoms. The van der Waals surface area contributed by atoms with Crippen LogP contribution in [0.5, 0.6) is 0 Å². The minimum atomic E-state index is 0.0763. The van der Waals surface area contributed by atoms with Gasteiger partial charge in [0.15, 0.2) is 5.82 Å². The predicted molar refractivity (Wildman–Crippen MR) is 109 cm³/mol. The van der Waals surface area contributed by atoms with E-state index in [1.165, 1.54) is 0 Å². The van der Waals surface area contributed by atoms with Crippen molar-refractivity contribution in [1.82, 2.24) is 29.3 Å². The molecule has 3 heterocycles. The lowest BCUT2D eigenvalue weighted by atomic mass is 9.95. The molecule has 1 fully saturated rings. The third-order valence-corrected chi connectivity index (χ3v) is 4.96. The van der Waals surface area contributed by atoms with Crippen molar-refractivity contribution in [3.63, 3.8) is 0 Å². The van der Waals surface area contributed by atoms with Crippen molar-refractivity contribution >= 4 is 5.91 Å². The first-order chi connectivity index (χ1) is 13.5. The van der Waals surface area contributed by atoms with Crippen molar-refractivity contribution in [2.45, 2.75) is 38.5 Å². The number of carbonyl (C=O) groups excluding carboxylic acids is 1. The second-order valence-electron chi connectivity index (χ2n) is 7.90. The van der Waals surface area contributed by atoms with E-state index in [1.807, 2.05) is 46.9 Å². The number of likely N-dealkylation sites (tertiary alicyclic amines) is 1. The van der Waals surface area contributed by atoms with Gasteiger partial charge in [-0.3, -0.25) is 14.3 Å². The molecule has 0 radical (unpaired) electrons. The summed E-state index contributed by atoms with van der Waals surface area (Å²) in [6, 6.07) is 0. The summed E-state index contributed by atoms with van der Waals surface area (Å²) in [5.74, 6) is 2.34. The predicted octanol–water partition coefficient (Wildman–Crippen LogP) is 2.61. The molecular formula is C21H30N6O. The number of hydrogen-bond donors (Lipinski definition) is 0. The largest absolute Gasteiger partial charge is 0.339 e. The van der Waals surface area contributed by atoms with E-state index in [0.717, 1.165) is 43.3 Å². The van der Waals surface area contributed by atoms with Crippen molar-refractivity contribution < 1.29 is 4.79 Å². The molecule has 1 saturated heterocycles. The summed E-state index contributed by atoms with van der Waals surface area (Å²) in [5, 5.41) is 0. The van der Waals surface area contributed by atoms with Gasteiger partial charge in [0.05, 0.1) is 11.9 Å². The van der Waals surface area contributed by atoms with Gasteiger partial charge in [0.2, 0.25) is 5.91 Å². The second kappa shape index (κ2) is 9.10.